The normalized spacial score (nSPS) is 12.4. The van der Waals surface area contributed by atoms with Gasteiger partial charge in [0.1, 0.15) is 0 Å². The van der Waals surface area contributed by atoms with Crippen LogP contribution in [0.5, 0.6) is 0 Å². The molecule has 0 bridgehead atoms. The standard InChI is InChI=1S/C24H34/c1-23(2,3)16-15-19-7-9-20(10-8-19)17-21-11-13-22(14-12-21)18-24(4,5)6/h7-14H,15-18H2,1-6H3. The predicted molar refractivity (Wildman–Crippen MR) is 107 cm³/mol. The van der Waals surface area contributed by atoms with Gasteiger partial charge in [0.15, 0.2) is 0 Å². The van der Waals surface area contributed by atoms with E-state index in [4.69, 9.17) is 0 Å². The molecule has 0 N–H and O–H groups in total. The van der Waals surface area contributed by atoms with Crippen molar-refractivity contribution in [3.05, 3.63) is 70.8 Å². The van der Waals surface area contributed by atoms with Crippen molar-refractivity contribution in [3.63, 3.8) is 0 Å². The molecular formula is C24H34. The summed E-state index contributed by atoms with van der Waals surface area (Å²) in [7, 11) is 0. The summed E-state index contributed by atoms with van der Waals surface area (Å²) in [5.41, 5.74) is 6.45. The first-order chi connectivity index (χ1) is 11.1. The molecular weight excluding hydrogens is 288 g/mol. The van der Waals surface area contributed by atoms with E-state index in [2.05, 4.69) is 90.1 Å². The molecule has 2 rings (SSSR count). The van der Waals surface area contributed by atoms with E-state index in [1.54, 1.807) is 0 Å². The number of hydrogen-bond donors (Lipinski definition) is 0. The Morgan fingerprint density at radius 1 is 0.542 bits per heavy atom. The second-order valence-corrected chi connectivity index (χ2v) is 9.61. The number of hydrogen-bond acceptors (Lipinski definition) is 0. The Morgan fingerprint density at radius 3 is 1.38 bits per heavy atom. The van der Waals surface area contributed by atoms with Crippen molar-refractivity contribution < 1.29 is 0 Å². The summed E-state index contributed by atoms with van der Waals surface area (Å²) in [5.74, 6) is 0. The van der Waals surface area contributed by atoms with Crippen molar-refractivity contribution in [2.24, 2.45) is 10.8 Å². The maximum Gasteiger partial charge on any atom is -0.00258 e. The minimum Gasteiger partial charge on any atom is -0.0602 e. The van der Waals surface area contributed by atoms with E-state index in [0.717, 1.165) is 12.8 Å². The largest absolute Gasteiger partial charge is 0.0602 e. The van der Waals surface area contributed by atoms with Crippen molar-refractivity contribution in [1.82, 2.24) is 0 Å². The van der Waals surface area contributed by atoms with Crippen LogP contribution in [0.1, 0.15) is 70.2 Å². The van der Waals surface area contributed by atoms with Crippen molar-refractivity contribution in [3.8, 4) is 0 Å². The van der Waals surface area contributed by atoms with E-state index >= 15 is 0 Å². The molecule has 0 nitrogen and oxygen atoms in total. The molecule has 0 heteroatoms. The van der Waals surface area contributed by atoms with Gasteiger partial charge in [-0.05, 0) is 58.8 Å². The van der Waals surface area contributed by atoms with E-state index in [1.807, 2.05) is 0 Å². The molecule has 0 unspecified atom stereocenters. The molecule has 0 fully saturated rings. The summed E-state index contributed by atoms with van der Waals surface area (Å²) < 4.78 is 0. The highest BCUT2D eigenvalue weighted by atomic mass is 14.2. The average molecular weight is 323 g/mol. The lowest BCUT2D eigenvalue weighted by Gasteiger charge is -2.18. The Morgan fingerprint density at radius 2 is 0.958 bits per heavy atom. The number of rotatable bonds is 5. The zero-order valence-electron chi connectivity index (χ0n) is 16.4. The van der Waals surface area contributed by atoms with Crippen LogP contribution in [0, 0.1) is 10.8 Å². The van der Waals surface area contributed by atoms with E-state index in [0.29, 0.717) is 10.8 Å². The van der Waals surface area contributed by atoms with Gasteiger partial charge in [-0.1, -0.05) is 90.1 Å². The van der Waals surface area contributed by atoms with Gasteiger partial charge in [0.25, 0.3) is 0 Å². The van der Waals surface area contributed by atoms with Gasteiger partial charge in [-0.3, -0.25) is 0 Å². The van der Waals surface area contributed by atoms with Crippen molar-refractivity contribution in [1.29, 1.82) is 0 Å². The third kappa shape index (κ3) is 6.91. The zero-order chi connectivity index (χ0) is 17.8. The van der Waals surface area contributed by atoms with Gasteiger partial charge in [0.05, 0.1) is 0 Å². The molecule has 0 saturated carbocycles. The Hall–Kier alpha value is -1.56. The van der Waals surface area contributed by atoms with Crippen LogP contribution >= 0.6 is 0 Å². The average Bonchev–Trinajstić information content (AvgIpc) is 2.46. The van der Waals surface area contributed by atoms with Gasteiger partial charge in [-0.2, -0.15) is 0 Å². The molecule has 0 spiro atoms. The van der Waals surface area contributed by atoms with Crippen LogP contribution in [0.4, 0.5) is 0 Å². The molecule has 2 aromatic rings. The van der Waals surface area contributed by atoms with Crippen LogP contribution in [-0.2, 0) is 19.3 Å². The fraction of sp³-hybridized carbons (Fsp3) is 0.500. The highest BCUT2D eigenvalue weighted by Gasteiger charge is 2.11. The molecule has 2 aromatic carbocycles. The molecule has 0 aliphatic rings. The van der Waals surface area contributed by atoms with Crippen LogP contribution < -0.4 is 0 Å². The Bertz CT molecular complexity index is 616. The van der Waals surface area contributed by atoms with Gasteiger partial charge in [-0.15, -0.1) is 0 Å². The smallest absolute Gasteiger partial charge is 0.00258 e. The maximum absolute atomic E-state index is 2.31. The topological polar surface area (TPSA) is 0 Å². The third-order valence-corrected chi connectivity index (χ3v) is 4.35. The van der Waals surface area contributed by atoms with Crippen LogP contribution in [-0.4, -0.2) is 0 Å². The first-order valence-electron chi connectivity index (χ1n) is 9.26. The quantitative estimate of drug-likeness (QED) is 0.565. The van der Waals surface area contributed by atoms with Gasteiger partial charge in [0, 0.05) is 0 Å². The number of benzene rings is 2. The van der Waals surface area contributed by atoms with Crippen molar-refractivity contribution in [2.45, 2.75) is 67.2 Å². The maximum atomic E-state index is 2.31. The van der Waals surface area contributed by atoms with E-state index < -0.39 is 0 Å². The minimum absolute atomic E-state index is 0.352. The molecule has 0 aliphatic carbocycles. The van der Waals surface area contributed by atoms with Crippen LogP contribution in [0.2, 0.25) is 0 Å². The lowest BCUT2D eigenvalue weighted by atomic mass is 9.87. The first-order valence-corrected chi connectivity index (χ1v) is 9.26. The van der Waals surface area contributed by atoms with E-state index in [1.165, 1.54) is 35.1 Å². The third-order valence-electron chi connectivity index (χ3n) is 4.35. The summed E-state index contributed by atoms with van der Waals surface area (Å²) in [4.78, 5) is 0. The highest BCUT2D eigenvalue weighted by molar-refractivity contribution is 5.31. The van der Waals surface area contributed by atoms with E-state index in [-0.39, 0.29) is 0 Å². The van der Waals surface area contributed by atoms with Gasteiger partial charge < -0.3 is 0 Å². The first kappa shape index (κ1) is 18.8. The predicted octanol–water partition coefficient (Wildman–Crippen LogP) is 6.84. The second-order valence-electron chi connectivity index (χ2n) is 9.61. The van der Waals surface area contributed by atoms with E-state index in [9.17, 15) is 0 Å². The van der Waals surface area contributed by atoms with Gasteiger partial charge in [-0.25, -0.2) is 0 Å². The molecule has 0 atom stereocenters. The molecule has 24 heavy (non-hydrogen) atoms. The van der Waals surface area contributed by atoms with Crippen LogP contribution in [0.3, 0.4) is 0 Å². The molecule has 0 radical (unpaired) electrons. The Labute approximate surface area is 149 Å². The fourth-order valence-electron chi connectivity index (χ4n) is 2.97. The number of aryl methyl sites for hydroxylation is 1. The lowest BCUT2D eigenvalue weighted by molar-refractivity contribution is 0.378. The Balaban J connectivity index is 1.94. The SMILES string of the molecule is CC(C)(C)CCc1ccc(Cc2ccc(CC(C)(C)C)cc2)cc1. The molecule has 0 heterocycles. The Kier molecular flexibility index (Phi) is 5.91. The monoisotopic (exact) mass is 322 g/mol. The minimum atomic E-state index is 0.352. The molecule has 130 valence electrons. The summed E-state index contributed by atoms with van der Waals surface area (Å²) >= 11 is 0. The lowest BCUT2D eigenvalue weighted by Crippen LogP contribution is -2.08. The summed E-state index contributed by atoms with van der Waals surface area (Å²) in [6.07, 6.45) is 4.57. The molecule has 0 aromatic heterocycles. The summed E-state index contributed by atoms with van der Waals surface area (Å²) in [6.45, 7) is 13.8. The second kappa shape index (κ2) is 7.55. The van der Waals surface area contributed by atoms with Crippen LogP contribution in [0.15, 0.2) is 48.5 Å². The van der Waals surface area contributed by atoms with Crippen molar-refractivity contribution >= 4 is 0 Å². The molecule has 0 amide bonds. The summed E-state index contributed by atoms with van der Waals surface area (Å²) in [6, 6.07) is 18.3. The zero-order valence-corrected chi connectivity index (χ0v) is 16.4. The summed E-state index contributed by atoms with van der Waals surface area (Å²) in [5, 5.41) is 0. The van der Waals surface area contributed by atoms with Gasteiger partial charge >= 0.3 is 0 Å². The van der Waals surface area contributed by atoms with Crippen molar-refractivity contribution in [2.75, 3.05) is 0 Å². The molecule has 0 saturated heterocycles. The van der Waals surface area contributed by atoms with Crippen LogP contribution in [0.25, 0.3) is 0 Å². The highest BCUT2D eigenvalue weighted by Crippen LogP contribution is 2.23. The molecule has 0 aliphatic heterocycles. The fourth-order valence-corrected chi connectivity index (χ4v) is 2.97. The van der Waals surface area contributed by atoms with Gasteiger partial charge in [0.2, 0.25) is 0 Å².